The van der Waals surface area contributed by atoms with Gasteiger partial charge in [-0.05, 0) is 43.6 Å². The third-order valence-electron chi connectivity index (χ3n) is 4.94. The van der Waals surface area contributed by atoms with Crippen LogP contribution in [0.4, 0.5) is 0 Å². The summed E-state index contributed by atoms with van der Waals surface area (Å²) in [6, 6.07) is 6.87. The van der Waals surface area contributed by atoms with Gasteiger partial charge in [-0.1, -0.05) is 0 Å². The molecule has 0 N–H and O–H groups in total. The molecule has 0 saturated carbocycles. The van der Waals surface area contributed by atoms with Gasteiger partial charge >= 0.3 is 0 Å². The van der Waals surface area contributed by atoms with E-state index in [9.17, 15) is 0 Å². The first-order valence-electron chi connectivity index (χ1n) is 8.54. The van der Waals surface area contributed by atoms with Crippen LogP contribution in [0.3, 0.4) is 0 Å². The summed E-state index contributed by atoms with van der Waals surface area (Å²) in [5.41, 5.74) is 1.26. The average Bonchev–Trinajstić information content (AvgIpc) is 2.62. The van der Waals surface area contributed by atoms with Crippen LogP contribution in [-0.2, 0) is 11.3 Å². The van der Waals surface area contributed by atoms with Crippen LogP contribution in [-0.4, -0.2) is 69.5 Å². The van der Waals surface area contributed by atoms with Gasteiger partial charge in [-0.2, -0.15) is 0 Å². The molecule has 2 fully saturated rings. The van der Waals surface area contributed by atoms with E-state index in [2.05, 4.69) is 21.9 Å². The highest BCUT2D eigenvalue weighted by Crippen LogP contribution is 2.25. The van der Waals surface area contributed by atoms with Crippen LogP contribution in [0.2, 0.25) is 0 Å². The summed E-state index contributed by atoms with van der Waals surface area (Å²) in [6.45, 7) is 7.25. The summed E-state index contributed by atoms with van der Waals surface area (Å²) in [5.74, 6) is 1.73. The summed E-state index contributed by atoms with van der Waals surface area (Å²) in [5, 5.41) is 0. The van der Waals surface area contributed by atoms with E-state index in [1.165, 1.54) is 18.4 Å². The number of ether oxygens (including phenoxy) is 3. The molecule has 0 amide bonds. The number of rotatable bonds is 5. The molecule has 2 heterocycles. The second kappa shape index (κ2) is 7.99. The lowest BCUT2D eigenvalue weighted by Gasteiger charge is -2.40. The lowest BCUT2D eigenvalue weighted by atomic mass is 10.0. The smallest absolute Gasteiger partial charge is 0.122 e. The van der Waals surface area contributed by atoms with E-state index < -0.39 is 0 Å². The summed E-state index contributed by atoms with van der Waals surface area (Å²) in [4.78, 5) is 5.14. The van der Waals surface area contributed by atoms with E-state index in [1.807, 2.05) is 6.07 Å². The molecule has 5 nitrogen and oxygen atoms in total. The molecule has 3 rings (SSSR count). The Labute approximate surface area is 139 Å². The number of nitrogens with zero attached hydrogens (tertiary/aromatic N) is 2. The highest BCUT2D eigenvalue weighted by atomic mass is 16.5. The molecule has 2 aliphatic rings. The highest BCUT2D eigenvalue weighted by Gasteiger charge is 2.25. The minimum atomic E-state index is 0.731. The molecule has 0 atom stereocenters. The predicted octanol–water partition coefficient (Wildman–Crippen LogP) is 2.00. The first-order valence-corrected chi connectivity index (χ1v) is 8.54. The molecule has 2 saturated heterocycles. The van der Waals surface area contributed by atoms with Crippen molar-refractivity contribution in [2.45, 2.75) is 25.4 Å². The zero-order chi connectivity index (χ0) is 16.1. The topological polar surface area (TPSA) is 34.2 Å². The van der Waals surface area contributed by atoms with E-state index in [0.29, 0.717) is 0 Å². The molecular weight excluding hydrogens is 292 g/mol. The molecule has 0 radical (unpaired) electrons. The molecule has 0 spiro atoms. The van der Waals surface area contributed by atoms with Gasteiger partial charge in [0.2, 0.25) is 0 Å². The monoisotopic (exact) mass is 320 g/mol. The number of hydrogen-bond acceptors (Lipinski definition) is 5. The fourth-order valence-electron chi connectivity index (χ4n) is 3.60. The van der Waals surface area contributed by atoms with Crippen molar-refractivity contribution in [1.82, 2.24) is 9.80 Å². The summed E-state index contributed by atoms with van der Waals surface area (Å²) in [7, 11) is 3.40. The van der Waals surface area contributed by atoms with Gasteiger partial charge in [-0.25, -0.2) is 0 Å². The fourth-order valence-corrected chi connectivity index (χ4v) is 3.60. The van der Waals surface area contributed by atoms with Crippen molar-refractivity contribution in [3.63, 3.8) is 0 Å². The normalized spacial score (nSPS) is 21.3. The van der Waals surface area contributed by atoms with E-state index in [-0.39, 0.29) is 0 Å². The van der Waals surface area contributed by atoms with Crippen LogP contribution < -0.4 is 9.47 Å². The van der Waals surface area contributed by atoms with Gasteiger partial charge in [-0.15, -0.1) is 0 Å². The molecule has 23 heavy (non-hydrogen) atoms. The zero-order valence-corrected chi connectivity index (χ0v) is 14.3. The molecule has 5 heteroatoms. The third-order valence-corrected chi connectivity index (χ3v) is 4.94. The Balaban J connectivity index is 1.54. The van der Waals surface area contributed by atoms with Gasteiger partial charge in [0.05, 0.1) is 27.4 Å². The number of piperidine rings is 1. The molecule has 2 aliphatic heterocycles. The van der Waals surface area contributed by atoms with Crippen molar-refractivity contribution in [3.8, 4) is 11.5 Å². The van der Waals surface area contributed by atoms with Crippen LogP contribution in [0.15, 0.2) is 18.2 Å². The molecule has 0 bridgehead atoms. The molecule has 128 valence electrons. The van der Waals surface area contributed by atoms with Crippen molar-refractivity contribution in [3.05, 3.63) is 23.8 Å². The van der Waals surface area contributed by atoms with Crippen LogP contribution in [0, 0.1) is 0 Å². The standard InChI is InChI=1S/C18H28N2O3/c1-21-17-11-15(12-18(13-17)22-2)14-19-5-3-16(4-6-19)20-7-9-23-10-8-20/h11-13,16H,3-10,14H2,1-2H3. The van der Waals surface area contributed by atoms with Crippen molar-refractivity contribution in [2.24, 2.45) is 0 Å². The van der Waals surface area contributed by atoms with Gasteiger partial charge in [0.1, 0.15) is 11.5 Å². The molecule has 1 aromatic carbocycles. The van der Waals surface area contributed by atoms with Gasteiger partial charge in [0.15, 0.2) is 0 Å². The molecule has 0 aliphatic carbocycles. The Morgan fingerprint density at radius 2 is 1.57 bits per heavy atom. The molecular formula is C18H28N2O3. The fraction of sp³-hybridized carbons (Fsp3) is 0.667. The van der Waals surface area contributed by atoms with Gasteiger partial charge < -0.3 is 14.2 Å². The maximum Gasteiger partial charge on any atom is 0.122 e. The van der Waals surface area contributed by atoms with Crippen molar-refractivity contribution >= 4 is 0 Å². The lowest BCUT2D eigenvalue weighted by molar-refractivity contribution is 0.000224. The quantitative estimate of drug-likeness (QED) is 0.829. The van der Waals surface area contributed by atoms with Gasteiger partial charge in [0.25, 0.3) is 0 Å². The summed E-state index contributed by atoms with van der Waals surface area (Å²) < 4.78 is 16.2. The Morgan fingerprint density at radius 1 is 0.957 bits per heavy atom. The maximum absolute atomic E-state index is 5.46. The zero-order valence-electron chi connectivity index (χ0n) is 14.3. The lowest BCUT2D eigenvalue weighted by Crippen LogP contribution is -2.48. The van der Waals surface area contributed by atoms with Gasteiger partial charge in [-0.3, -0.25) is 9.80 Å². The minimum absolute atomic E-state index is 0.731. The van der Waals surface area contributed by atoms with Gasteiger partial charge in [0, 0.05) is 31.7 Å². The summed E-state index contributed by atoms with van der Waals surface area (Å²) >= 11 is 0. The number of benzene rings is 1. The van der Waals surface area contributed by atoms with E-state index >= 15 is 0 Å². The first kappa shape index (κ1) is 16.6. The van der Waals surface area contributed by atoms with Crippen molar-refractivity contribution < 1.29 is 14.2 Å². The average molecular weight is 320 g/mol. The Kier molecular flexibility index (Phi) is 5.75. The van der Waals surface area contributed by atoms with Crippen LogP contribution in [0.25, 0.3) is 0 Å². The predicted molar refractivity (Wildman–Crippen MR) is 90.2 cm³/mol. The second-order valence-electron chi connectivity index (χ2n) is 6.38. The minimum Gasteiger partial charge on any atom is -0.497 e. The van der Waals surface area contributed by atoms with Crippen LogP contribution in [0.5, 0.6) is 11.5 Å². The van der Waals surface area contributed by atoms with Crippen LogP contribution in [0.1, 0.15) is 18.4 Å². The maximum atomic E-state index is 5.46. The Hall–Kier alpha value is -1.30. The van der Waals surface area contributed by atoms with E-state index in [0.717, 1.165) is 63.5 Å². The number of hydrogen-bond donors (Lipinski definition) is 0. The number of likely N-dealkylation sites (tertiary alicyclic amines) is 1. The van der Waals surface area contributed by atoms with E-state index in [1.54, 1.807) is 14.2 Å². The van der Waals surface area contributed by atoms with E-state index in [4.69, 9.17) is 14.2 Å². The molecule has 1 aromatic rings. The SMILES string of the molecule is COc1cc(CN2CCC(N3CCOCC3)CC2)cc(OC)c1. The Morgan fingerprint density at radius 3 is 2.13 bits per heavy atom. The largest absolute Gasteiger partial charge is 0.497 e. The molecule has 0 aromatic heterocycles. The first-order chi connectivity index (χ1) is 11.3. The number of morpholine rings is 1. The second-order valence-corrected chi connectivity index (χ2v) is 6.38. The Bertz CT molecular complexity index is 473. The number of methoxy groups -OCH3 is 2. The van der Waals surface area contributed by atoms with Crippen LogP contribution >= 0.6 is 0 Å². The van der Waals surface area contributed by atoms with Crippen molar-refractivity contribution in [2.75, 3.05) is 53.6 Å². The highest BCUT2D eigenvalue weighted by molar-refractivity contribution is 5.38. The summed E-state index contributed by atoms with van der Waals surface area (Å²) in [6.07, 6.45) is 2.50. The molecule has 0 unspecified atom stereocenters. The third kappa shape index (κ3) is 4.37. The van der Waals surface area contributed by atoms with Crippen molar-refractivity contribution in [1.29, 1.82) is 0 Å².